The number of rotatable bonds is 4. The highest BCUT2D eigenvalue weighted by Crippen LogP contribution is 2.33. The molecule has 27 heavy (non-hydrogen) atoms. The normalized spacial score (nSPS) is 10.8. The number of methoxy groups -OCH3 is 1. The predicted octanol–water partition coefficient (Wildman–Crippen LogP) is 6.12. The first-order valence-corrected chi connectivity index (χ1v) is 9.38. The lowest BCUT2D eigenvalue weighted by Crippen LogP contribution is -2.01. The number of nitrogens with one attached hydrogen (secondary N) is 1. The summed E-state index contributed by atoms with van der Waals surface area (Å²) in [4.78, 5) is 9.56. The molecule has 0 atom stereocenters. The van der Waals surface area contributed by atoms with Gasteiger partial charge < -0.3 is 10.1 Å². The van der Waals surface area contributed by atoms with Gasteiger partial charge in [0.05, 0.1) is 18.3 Å². The van der Waals surface area contributed by atoms with Gasteiger partial charge in [0.25, 0.3) is 0 Å². The number of aromatic nitrogens is 2. The Kier molecular flexibility index (Phi) is 4.77. The van der Waals surface area contributed by atoms with E-state index in [4.69, 9.17) is 14.7 Å². The second kappa shape index (κ2) is 7.37. The van der Waals surface area contributed by atoms with Gasteiger partial charge in [-0.1, -0.05) is 52.3 Å². The molecule has 0 saturated carbocycles. The summed E-state index contributed by atoms with van der Waals surface area (Å²) < 4.78 is 6.49. The maximum atomic E-state index is 5.51. The molecule has 0 aliphatic rings. The average Bonchev–Trinajstić information content (AvgIpc) is 2.69. The molecule has 0 saturated heterocycles. The van der Waals surface area contributed by atoms with Gasteiger partial charge in [-0.3, -0.25) is 0 Å². The highest BCUT2D eigenvalue weighted by molar-refractivity contribution is 9.10. The summed E-state index contributed by atoms with van der Waals surface area (Å²) in [6.07, 6.45) is 0. The number of ether oxygens (including phenoxy) is 1. The lowest BCUT2D eigenvalue weighted by molar-refractivity contribution is 0.416. The average molecular weight is 420 g/mol. The van der Waals surface area contributed by atoms with Gasteiger partial charge in [0.2, 0.25) is 0 Å². The Hall–Kier alpha value is -2.92. The SMILES string of the molecule is COc1ccc(C)cc1Nc1nc(-c2ccccc2)nc2ccc(Br)cc12. The van der Waals surface area contributed by atoms with Gasteiger partial charge in [-0.15, -0.1) is 0 Å². The molecular weight excluding hydrogens is 402 g/mol. The second-order valence-corrected chi connectivity index (χ2v) is 7.17. The quantitative estimate of drug-likeness (QED) is 0.432. The molecule has 1 N–H and O–H groups in total. The van der Waals surface area contributed by atoms with Crippen LogP contribution >= 0.6 is 15.9 Å². The van der Waals surface area contributed by atoms with Crippen molar-refractivity contribution < 1.29 is 4.74 Å². The number of aryl methyl sites for hydroxylation is 1. The third kappa shape index (κ3) is 3.64. The molecule has 4 nitrogen and oxygen atoms in total. The van der Waals surface area contributed by atoms with Crippen molar-refractivity contribution in [3.63, 3.8) is 0 Å². The summed E-state index contributed by atoms with van der Waals surface area (Å²) in [5.41, 5.74) is 3.86. The van der Waals surface area contributed by atoms with Crippen molar-refractivity contribution in [2.24, 2.45) is 0 Å². The van der Waals surface area contributed by atoms with Crippen LogP contribution in [0.25, 0.3) is 22.3 Å². The molecule has 1 aromatic heterocycles. The fourth-order valence-corrected chi connectivity index (χ4v) is 3.32. The first-order chi connectivity index (χ1) is 13.1. The fraction of sp³-hybridized carbons (Fsp3) is 0.0909. The van der Waals surface area contributed by atoms with E-state index in [0.29, 0.717) is 5.82 Å². The van der Waals surface area contributed by atoms with Crippen LogP contribution in [0.2, 0.25) is 0 Å². The molecule has 0 aliphatic heterocycles. The molecule has 0 radical (unpaired) electrons. The van der Waals surface area contributed by atoms with Gasteiger partial charge in [0.15, 0.2) is 5.82 Å². The fourth-order valence-electron chi connectivity index (χ4n) is 2.96. The summed E-state index contributed by atoms with van der Waals surface area (Å²) in [7, 11) is 1.67. The zero-order valence-electron chi connectivity index (χ0n) is 15.0. The van der Waals surface area contributed by atoms with Gasteiger partial charge in [-0.05, 0) is 42.8 Å². The van der Waals surface area contributed by atoms with Crippen LogP contribution in [0.5, 0.6) is 5.75 Å². The molecular formula is C22H18BrN3O. The van der Waals surface area contributed by atoms with Crippen LogP contribution in [0.1, 0.15) is 5.56 Å². The predicted molar refractivity (Wildman–Crippen MR) is 114 cm³/mol. The van der Waals surface area contributed by atoms with Crippen LogP contribution in [-0.2, 0) is 0 Å². The van der Waals surface area contributed by atoms with Gasteiger partial charge in [-0.25, -0.2) is 9.97 Å². The molecule has 0 aliphatic carbocycles. The van der Waals surface area contributed by atoms with Crippen molar-refractivity contribution in [3.8, 4) is 17.1 Å². The van der Waals surface area contributed by atoms with Crippen LogP contribution in [0.15, 0.2) is 71.2 Å². The first-order valence-electron chi connectivity index (χ1n) is 8.58. The molecule has 4 aromatic rings. The lowest BCUT2D eigenvalue weighted by Gasteiger charge is -2.14. The van der Waals surface area contributed by atoms with E-state index in [1.54, 1.807) is 7.11 Å². The smallest absolute Gasteiger partial charge is 0.162 e. The van der Waals surface area contributed by atoms with Gasteiger partial charge in [-0.2, -0.15) is 0 Å². The Bertz CT molecular complexity index is 1110. The van der Waals surface area contributed by atoms with E-state index in [2.05, 4.69) is 28.2 Å². The first kappa shape index (κ1) is 17.5. The van der Waals surface area contributed by atoms with Gasteiger partial charge in [0, 0.05) is 15.4 Å². The van der Waals surface area contributed by atoms with E-state index in [-0.39, 0.29) is 0 Å². The molecule has 0 amide bonds. The maximum Gasteiger partial charge on any atom is 0.162 e. The molecule has 3 aromatic carbocycles. The highest BCUT2D eigenvalue weighted by Gasteiger charge is 2.12. The zero-order valence-corrected chi connectivity index (χ0v) is 16.6. The van der Waals surface area contributed by atoms with Gasteiger partial charge in [0.1, 0.15) is 11.6 Å². The maximum absolute atomic E-state index is 5.51. The summed E-state index contributed by atoms with van der Waals surface area (Å²) in [6, 6.07) is 22.0. The number of anilines is 2. The van der Waals surface area contributed by atoms with Crippen molar-refractivity contribution in [1.29, 1.82) is 0 Å². The molecule has 0 unspecified atom stereocenters. The highest BCUT2D eigenvalue weighted by atomic mass is 79.9. The van der Waals surface area contributed by atoms with Crippen LogP contribution in [0.4, 0.5) is 11.5 Å². The standard InChI is InChI=1S/C22H18BrN3O/c1-14-8-11-20(27-2)19(12-14)25-22-17-13-16(23)9-10-18(17)24-21(26-22)15-6-4-3-5-7-15/h3-13H,1-2H3,(H,24,25,26). The Morgan fingerprint density at radius 2 is 1.74 bits per heavy atom. The molecule has 0 spiro atoms. The zero-order chi connectivity index (χ0) is 18.8. The Balaban J connectivity index is 1.90. The minimum absolute atomic E-state index is 0.680. The van der Waals surface area contributed by atoms with E-state index in [0.717, 1.165) is 43.8 Å². The molecule has 0 bridgehead atoms. The minimum atomic E-state index is 0.680. The van der Waals surface area contributed by atoms with Crippen molar-refractivity contribution >= 4 is 38.3 Å². The summed E-state index contributed by atoms with van der Waals surface area (Å²) in [5.74, 6) is 2.19. The van der Waals surface area contributed by atoms with Crippen LogP contribution in [-0.4, -0.2) is 17.1 Å². The van der Waals surface area contributed by atoms with E-state index in [9.17, 15) is 0 Å². The number of benzene rings is 3. The van der Waals surface area contributed by atoms with Crippen molar-refractivity contribution in [1.82, 2.24) is 9.97 Å². The Morgan fingerprint density at radius 1 is 0.926 bits per heavy atom. The van der Waals surface area contributed by atoms with Crippen LogP contribution in [0, 0.1) is 6.92 Å². The number of nitrogens with zero attached hydrogens (tertiary/aromatic N) is 2. The van der Waals surface area contributed by atoms with Crippen LogP contribution < -0.4 is 10.1 Å². The Morgan fingerprint density at radius 3 is 2.52 bits per heavy atom. The van der Waals surface area contributed by atoms with Crippen molar-refractivity contribution in [2.75, 3.05) is 12.4 Å². The molecule has 4 rings (SSSR count). The largest absolute Gasteiger partial charge is 0.495 e. The van der Waals surface area contributed by atoms with E-state index < -0.39 is 0 Å². The lowest BCUT2D eigenvalue weighted by atomic mass is 10.1. The molecule has 5 heteroatoms. The second-order valence-electron chi connectivity index (χ2n) is 6.25. The summed E-state index contributed by atoms with van der Waals surface area (Å²) in [6.45, 7) is 2.05. The number of hydrogen-bond acceptors (Lipinski definition) is 4. The van der Waals surface area contributed by atoms with E-state index in [1.165, 1.54) is 0 Å². The third-order valence-electron chi connectivity index (χ3n) is 4.30. The number of hydrogen-bond donors (Lipinski definition) is 1. The minimum Gasteiger partial charge on any atom is -0.495 e. The molecule has 134 valence electrons. The summed E-state index contributed by atoms with van der Waals surface area (Å²) in [5, 5.41) is 4.39. The topological polar surface area (TPSA) is 47.0 Å². The number of halogens is 1. The van der Waals surface area contributed by atoms with Gasteiger partial charge >= 0.3 is 0 Å². The number of fused-ring (bicyclic) bond motifs is 1. The monoisotopic (exact) mass is 419 g/mol. The van der Waals surface area contributed by atoms with E-state index >= 15 is 0 Å². The Labute approximate surface area is 166 Å². The van der Waals surface area contributed by atoms with Crippen LogP contribution in [0.3, 0.4) is 0 Å². The summed E-state index contributed by atoms with van der Waals surface area (Å²) >= 11 is 3.55. The molecule has 1 heterocycles. The van der Waals surface area contributed by atoms with Crippen molar-refractivity contribution in [3.05, 3.63) is 76.8 Å². The van der Waals surface area contributed by atoms with E-state index in [1.807, 2.05) is 66.7 Å². The third-order valence-corrected chi connectivity index (χ3v) is 4.79. The molecule has 0 fully saturated rings. The van der Waals surface area contributed by atoms with Crippen molar-refractivity contribution in [2.45, 2.75) is 6.92 Å².